The fourth-order valence-electron chi connectivity index (χ4n) is 4.26. The topological polar surface area (TPSA) is 12.0 Å². The van der Waals surface area contributed by atoms with Crippen molar-refractivity contribution in [3.05, 3.63) is 11.6 Å². The maximum atomic E-state index is 3.65. The summed E-state index contributed by atoms with van der Waals surface area (Å²) < 4.78 is 0. The molecule has 1 saturated carbocycles. The molecule has 0 saturated heterocycles. The molecule has 0 aromatic rings. The van der Waals surface area contributed by atoms with E-state index in [9.17, 15) is 0 Å². The van der Waals surface area contributed by atoms with Crippen molar-refractivity contribution in [1.82, 2.24) is 5.32 Å². The summed E-state index contributed by atoms with van der Waals surface area (Å²) >= 11 is 0. The first kappa shape index (κ1) is 15.1. The van der Waals surface area contributed by atoms with Crippen LogP contribution in [0.2, 0.25) is 0 Å². The van der Waals surface area contributed by atoms with Crippen LogP contribution < -0.4 is 5.32 Å². The molecular formula is C18H33N. The van der Waals surface area contributed by atoms with E-state index in [1.54, 1.807) is 5.57 Å². The van der Waals surface area contributed by atoms with Crippen molar-refractivity contribution in [3.63, 3.8) is 0 Å². The average molecular weight is 263 g/mol. The Hall–Kier alpha value is -0.300. The van der Waals surface area contributed by atoms with E-state index in [1.807, 2.05) is 0 Å². The van der Waals surface area contributed by atoms with Crippen LogP contribution in [-0.2, 0) is 0 Å². The van der Waals surface area contributed by atoms with Crippen molar-refractivity contribution in [2.75, 3.05) is 7.05 Å². The molecule has 19 heavy (non-hydrogen) atoms. The van der Waals surface area contributed by atoms with Crippen LogP contribution in [0.4, 0.5) is 0 Å². The van der Waals surface area contributed by atoms with Gasteiger partial charge in [-0.05, 0) is 57.4 Å². The Kier molecular flexibility index (Phi) is 6.43. The van der Waals surface area contributed by atoms with Crippen molar-refractivity contribution < 1.29 is 0 Å². The molecule has 0 spiro atoms. The lowest BCUT2D eigenvalue weighted by molar-refractivity contribution is 0.230. The molecule has 1 fully saturated rings. The maximum Gasteiger partial charge on any atom is 0.0305 e. The molecule has 0 aromatic heterocycles. The third-order valence-electron chi connectivity index (χ3n) is 5.35. The normalized spacial score (nSPS) is 30.5. The van der Waals surface area contributed by atoms with Crippen molar-refractivity contribution >= 4 is 0 Å². The van der Waals surface area contributed by atoms with Gasteiger partial charge in [0.05, 0.1) is 0 Å². The number of likely N-dealkylation sites (N-methyl/N-ethyl adjacent to an activating group) is 1. The van der Waals surface area contributed by atoms with Crippen LogP contribution in [-0.4, -0.2) is 13.1 Å². The molecule has 0 aliphatic heterocycles. The Morgan fingerprint density at radius 3 is 2.63 bits per heavy atom. The Morgan fingerprint density at radius 1 is 1.16 bits per heavy atom. The predicted molar refractivity (Wildman–Crippen MR) is 84.4 cm³/mol. The van der Waals surface area contributed by atoms with E-state index in [0.717, 1.165) is 11.8 Å². The lowest BCUT2D eigenvalue weighted by Crippen LogP contribution is -2.37. The van der Waals surface area contributed by atoms with E-state index in [4.69, 9.17) is 0 Å². The molecule has 1 N–H and O–H groups in total. The standard InChI is InChI=1S/C18H33N/c1-3-8-15-11-13-17(14-12-15)18(19-2)16-9-6-4-5-7-10-16/h9,15,17-19H,3-8,10-14H2,1-2H3. The van der Waals surface area contributed by atoms with E-state index in [-0.39, 0.29) is 0 Å². The molecule has 110 valence electrons. The minimum atomic E-state index is 0.681. The van der Waals surface area contributed by atoms with Gasteiger partial charge in [0.1, 0.15) is 0 Å². The third kappa shape index (κ3) is 4.34. The second kappa shape index (κ2) is 8.09. The molecule has 1 atom stereocenters. The smallest absolute Gasteiger partial charge is 0.0305 e. The zero-order valence-corrected chi connectivity index (χ0v) is 13.1. The molecule has 0 aromatic carbocycles. The van der Waals surface area contributed by atoms with Crippen LogP contribution >= 0.6 is 0 Å². The number of allylic oxidation sites excluding steroid dienone is 1. The maximum absolute atomic E-state index is 3.65. The molecule has 2 aliphatic carbocycles. The lowest BCUT2D eigenvalue weighted by Gasteiger charge is -2.35. The lowest BCUT2D eigenvalue weighted by atomic mass is 9.75. The quantitative estimate of drug-likeness (QED) is 0.683. The summed E-state index contributed by atoms with van der Waals surface area (Å²) in [7, 11) is 2.18. The molecular weight excluding hydrogens is 230 g/mol. The minimum Gasteiger partial charge on any atom is -0.313 e. The van der Waals surface area contributed by atoms with Crippen LogP contribution in [0.3, 0.4) is 0 Å². The highest BCUT2D eigenvalue weighted by Crippen LogP contribution is 2.36. The molecule has 1 heteroatoms. The van der Waals surface area contributed by atoms with Crippen LogP contribution in [0.1, 0.15) is 77.6 Å². The highest BCUT2D eigenvalue weighted by atomic mass is 14.9. The summed E-state index contributed by atoms with van der Waals surface area (Å²) in [4.78, 5) is 0. The second-order valence-electron chi connectivity index (χ2n) is 6.71. The van der Waals surface area contributed by atoms with Crippen molar-refractivity contribution in [2.24, 2.45) is 11.8 Å². The number of rotatable bonds is 5. The SMILES string of the molecule is CCCC1CCC(C(NC)C2=CCCCCC2)CC1. The van der Waals surface area contributed by atoms with Gasteiger partial charge in [0.15, 0.2) is 0 Å². The molecule has 2 rings (SSSR count). The summed E-state index contributed by atoms with van der Waals surface area (Å²) in [5.41, 5.74) is 1.74. The van der Waals surface area contributed by atoms with Gasteiger partial charge in [-0.1, -0.05) is 50.7 Å². The van der Waals surface area contributed by atoms with E-state index in [1.165, 1.54) is 70.6 Å². The zero-order valence-electron chi connectivity index (χ0n) is 13.1. The Bertz CT molecular complexity index is 273. The first-order valence-corrected chi connectivity index (χ1v) is 8.71. The van der Waals surface area contributed by atoms with Gasteiger partial charge in [0.2, 0.25) is 0 Å². The summed E-state index contributed by atoms with van der Waals surface area (Å²) in [6.45, 7) is 2.33. The van der Waals surface area contributed by atoms with Crippen LogP contribution in [0.25, 0.3) is 0 Å². The summed E-state index contributed by atoms with van der Waals surface area (Å²) in [6.07, 6.45) is 18.2. The third-order valence-corrected chi connectivity index (χ3v) is 5.35. The van der Waals surface area contributed by atoms with Gasteiger partial charge < -0.3 is 5.32 Å². The largest absolute Gasteiger partial charge is 0.313 e. The second-order valence-corrected chi connectivity index (χ2v) is 6.71. The molecule has 1 nitrogen and oxygen atoms in total. The van der Waals surface area contributed by atoms with Gasteiger partial charge in [-0.15, -0.1) is 0 Å². The zero-order chi connectivity index (χ0) is 13.5. The van der Waals surface area contributed by atoms with Gasteiger partial charge in [0, 0.05) is 6.04 Å². The van der Waals surface area contributed by atoms with Gasteiger partial charge in [-0.2, -0.15) is 0 Å². The Morgan fingerprint density at radius 2 is 1.95 bits per heavy atom. The number of hydrogen-bond acceptors (Lipinski definition) is 1. The van der Waals surface area contributed by atoms with Crippen molar-refractivity contribution in [2.45, 2.75) is 83.6 Å². The minimum absolute atomic E-state index is 0.681. The highest BCUT2D eigenvalue weighted by Gasteiger charge is 2.28. The fourth-order valence-corrected chi connectivity index (χ4v) is 4.26. The number of hydrogen-bond donors (Lipinski definition) is 1. The molecule has 0 radical (unpaired) electrons. The van der Waals surface area contributed by atoms with E-state index in [2.05, 4.69) is 25.4 Å². The van der Waals surface area contributed by atoms with Crippen LogP contribution in [0, 0.1) is 11.8 Å². The van der Waals surface area contributed by atoms with Gasteiger partial charge in [-0.25, -0.2) is 0 Å². The average Bonchev–Trinajstić information content (AvgIpc) is 2.71. The first-order chi connectivity index (χ1) is 9.35. The molecule has 2 aliphatic rings. The molecule has 0 amide bonds. The first-order valence-electron chi connectivity index (χ1n) is 8.71. The predicted octanol–water partition coefficient (Wildman–Crippen LogP) is 5.07. The molecule has 0 heterocycles. The van der Waals surface area contributed by atoms with E-state index in [0.29, 0.717) is 6.04 Å². The van der Waals surface area contributed by atoms with Crippen molar-refractivity contribution in [3.8, 4) is 0 Å². The Balaban J connectivity index is 1.89. The van der Waals surface area contributed by atoms with Crippen molar-refractivity contribution in [1.29, 1.82) is 0 Å². The van der Waals surface area contributed by atoms with Gasteiger partial charge >= 0.3 is 0 Å². The Labute approximate surface area is 120 Å². The molecule has 0 bridgehead atoms. The van der Waals surface area contributed by atoms with Gasteiger partial charge in [0.25, 0.3) is 0 Å². The van der Waals surface area contributed by atoms with Crippen LogP contribution in [0.15, 0.2) is 11.6 Å². The van der Waals surface area contributed by atoms with E-state index >= 15 is 0 Å². The van der Waals surface area contributed by atoms with E-state index < -0.39 is 0 Å². The summed E-state index contributed by atoms with van der Waals surface area (Å²) in [6, 6.07) is 0.681. The highest BCUT2D eigenvalue weighted by molar-refractivity contribution is 5.14. The number of nitrogens with one attached hydrogen (secondary N) is 1. The van der Waals surface area contributed by atoms with Gasteiger partial charge in [-0.3, -0.25) is 0 Å². The van der Waals surface area contributed by atoms with Crippen LogP contribution in [0.5, 0.6) is 0 Å². The monoisotopic (exact) mass is 263 g/mol. The molecule has 1 unspecified atom stereocenters. The summed E-state index contributed by atoms with van der Waals surface area (Å²) in [5.74, 6) is 1.93. The summed E-state index contributed by atoms with van der Waals surface area (Å²) in [5, 5.41) is 3.65. The fraction of sp³-hybridized carbons (Fsp3) is 0.889.